The highest BCUT2D eigenvalue weighted by Crippen LogP contribution is 2.19. The van der Waals surface area contributed by atoms with Crippen LogP contribution in [0.25, 0.3) is 0 Å². The molecule has 0 aliphatic rings. The summed E-state index contributed by atoms with van der Waals surface area (Å²) in [5.74, 6) is 0.644. The van der Waals surface area contributed by atoms with Crippen LogP contribution >= 0.6 is 0 Å². The van der Waals surface area contributed by atoms with Gasteiger partial charge >= 0.3 is 0 Å². The van der Waals surface area contributed by atoms with Crippen LogP contribution in [0, 0.1) is 0 Å². The van der Waals surface area contributed by atoms with Crippen LogP contribution in [0.4, 0.5) is 11.4 Å². The SMILES string of the molecule is COc1cccc(NC(=O)CN(Cc2ccccc2)c2ccccc2)c1. The van der Waals surface area contributed by atoms with Crippen LogP contribution in [0.15, 0.2) is 84.9 Å². The van der Waals surface area contributed by atoms with Gasteiger partial charge in [0, 0.05) is 24.0 Å². The van der Waals surface area contributed by atoms with Gasteiger partial charge in [-0.3, -0.25) is 4.79 Å². The van der Waals surface area contributed by atoms with Gasteiger partial charge in [0.1, 0.15) is 5.75 Å². The molecule has 0 unspecified atom stereocenters. The van der Waals surface area contributed by atoms with Gasteiger partial charge in [0.15, 0.2) is 0 Å². The number of ether oxygens (including phenoxy) is 1. The molecule has 0 aliphatic heterocycles. The van der Waals surface area contributed by atoms with Gasteiger partial charge in [0.2, 0.25) is 5.91 Å². The zero-order valence-corrected chi connectivity index (χ0v) is 14.8. The predicted molar refractivity (Wildman–Crippen MR) is 106 cm³/mol. The standard InChI is InChI=1S/C22H22N2O2/c1-26-21-14-8-11-19(15-21)23-22(25)17-24(20-12-6-3-7-13-20)16-18-9-4-2-5-10-18/h2-15H,16-17H2,1H3,(H,23,25). The third-order valence-corrected chi connectivity index (χ3v) is 4.03. The van der Waals surface area contributed by atoms with Crippen molar-refractivity contribution in [2.75, 3.05) is 23.9 Å². The summed E-state index contributed by atoms with van der Waals surface area (Å²) in [7, 11) is 1.61. The van der Waals surface area contributed by atoms with Crippen molar-refractivity contribution in [3.8, 4) is 5.75 Å². The molecule has 3 rings (SSSR count). The second-order valence-corrected chi connectivity index (χ2v) is 5.96. The van der Waals surface area contributed by atoms with E-state index in [0.29, 0.717) is 12.3 Å². The minimum Gasteiger partial charge on any atom is -0.497 e. The Hall–Kier alpha value is -3.27. The van der Waals surface area contributed by atoms with E-state index in [1.54, 1.807) is 7.11 Å². The molecular weight excluding hydrogens is 324 g/mol. The lowest BCUT2D eigenvalue weighted by molar-refractivity contribution is -0.115. The van der Waals surface area contributed by atoms with E-state index in [0.717, 1.165) is 16.9 Å². The van der Waals surface area contributed by atoms with Crippen molar-refractivity contribution in [3.05, 3.63) is 90.5 Å². The van der Waals surface area contributed by atoms with Crippen LogP contribution in [0.1, 0.15) is 5.56 Å². The van der Waals surface area contributed by atoms with Crippen LogP contribution in [0.2, 0.25) is 0 Å². The average molecular weight is 346 g/mol. The molecule has 0 aliphatic carbocycles. The molecule has 1 amide bonds. The van der Waals surface area contributed by atoms with Crippen molar-refractivity contribution >= 4 is 17.3 Å². The van der Waals surface area contributed by atoms with Crippen LogP contribution < -0.4 is 15.0 Å². The Kier molecular flexibility index (Phi) is 5.88. The number of nitrogens with zero attached hydrogens (tertiary/aromatic N) is 1. The van der Waals surface area contributed by atoms with E-state index in [-0.39, 0.29) is 12.5 Å². The van der Waals surface area contributed by atoms with Gasteiger partial charge in [-0.2, -0.15) is 0 Å². The van der Waals surface area contributed by atoms with Gasteiger partial charge in [-0.25, -0.2) is 0 Å². The molecule has 0 saturated heterocycles. The van der Waals surface area contributed by atoms with Gasteiger partial charge in [-0.1, -0.05) is 54.6 Å². The summed E-state index contributed by atoms with van der Waals surface area (Å²) in [6, 6.07) is 27.5. The Bertz CT molecular complexity index is 835. The molecule has 0 spiro atoms. The zero-order valence-electron chi connectivity index (χ0n) is 14.8. The fourth-order valence-electron chi connectivity index (χ4n) is 2.76. The molecule has 0 bridgehead atoms. The van der Waals surface area contributed by atoms with E-state index in [1.165, 1.54) is 0 Å². The predicted octanol–water partition coefficient (Wildman–Crippen LogP) is 4.34. The van der Waals surface area contributed by atoms with Crippen LogP contribution in [-0.2, 0) is 11.3 Å². The van der Waals surface area contributed by atoms with E-state index in [1.807, 2.05) is 72.8 Å². The van der Waals surface area contributed by atoms with E-state index in [2.05, 4.69) is 22.3 Å². The number of methoxy groups -OCH3 is 1. The topological polar surface area (TPSA) is 41.6 Å². The molecule has 3 aromatic carbocycles. The molecule has 0 aromatic heterocycles. The zero-order chi connectivity index (χ0) is 18.2. The van der Waals surface area contributed by atoms with Crippen LogP contribution in [-0.4, -0.2) is 19.6 Å². The number of benzene rings is 3. The first-order chi connectivity index (χ1) is 12.7. The molecule has 132 valence electrons. The molecule has 3 aromatic rings. The minimum atomic E-state index is -0.0713. The Labute approximate surface area is 154 Å². The van der Waals surface area contributed by atoms with Gasteiger partial charge in [-0.05, 0) is 29.8 Å². The first kappa shape index (κ1) is 17.5. The summed E-state index contributed by atoms with van der Waals surface area (Å²) in [4.78, 5) is 14.7. The summed E-state index contributed by atoms with van der Waals surface area (Å²) in [5, 5.41) is 2.94. The normalized spacial score (nSPS) is 10.2. The number of hydrogen-bond donors (Lipinski definition) is 1. The lowest BCUT2D eigenvalue weighted by Gasteiger charge is -2.24. The highest BCUT2D eigenvalue weighted by Gasteiger charge is 2.12. The molecule has 1 N–H and O–H groups in total. The summed E-state index contributed by atoms with van der Waals surface area (Å²) in [5.41, 5.74) is 2.89. The maximum absolute atomic E-state index is 12.6. The lowest BCUT2D eigenvalue weighted by Crippen LogP contribution is -2.32. The molecule has 0 fully saturated rings. The number of nitrogens with one attached hydrogen (secondary N) is 1. The summed E-state index contributed by atoms with van der Waals surface area (Å²) in [6.45, 7) is 0.923. The quantitative estimate of drug-likeness (QED) is 0.692. The van der Waals surface area contributed by atoms with Crippen molar-refractivity contribution in [2.24, 2.45) is 0 Å². The van der Waals surface area contributed by atoms with Crippen molar-refractivity contribution in [1.29, 1.82) is 0 Å². The number of amides is 1. The smallest absolute Gasteiger partial charge is 0.243 e. The summed E-state index contributed by atoms with van der Waals surface area (Å²) < 4.78 is 5.20. The number of rotatable bonds is 7. The van der Waals surface area contributed by atoms with E-state index in [9.17, 15) is 4.79 Å². The Morgan fingerprint density at radius 1 is 0.923 bits per heavy atom. The molecule has 0 heterocycles. The van der Waals surface area contributed by atoms with Crippen molar-refractivity contribution < 1.29 is 9.53 Å². The Morgan fingerprint density at radius 2 is 1.62 bits per heavy atom. The molecule has 0 atom stereocenters. The second kappa shape index (κ2) is 8.72. The number of anilines is 2. The van der Waals surface area contributed by atoms with Crippen molar-refractivity contribution in [2.45, 2.75) is 6.54 Å². The van der Waals surface area contributed by atoms with Crippen LogP contribution in [0.3, 0.4) is 0 Å². The van der Waals surface area contributed by atoms with Gasteiger partial charge in [0.25, 0.3) is 0 Å². The number of para-hydroxylation sites is 1. The molecule has 4 nitrogen and oxygen atoms in total. The molecule has 0 saturated carbocycles. The highest BCUT2D eigenvalue weighted by atomic mass is 16.5. The lowest BCUT2D eigenvalue weighted by atomic mass is 10.2. The van der Waals surface area contributed by atoms with E-state index < -0.39 is 0 Å². The largest absolute Gasteiger partial charge is 0.497 e. The highest BCUT2D eigenvalue weighted by molar-refractivity contribution is 5.94. The van der Waals surface area contributed by atoms with Gasteiger partial charge < -0.3 is 15.0 Å². The second-order valence-electron chi connectivity index (χ2n) is 5.96. The third-order valence-electron chi connectivity index (χ3n) is 4.03. The Balaban J connectivity index is 1.73. The van der Waals surface area contributed by atoms with E-state index in [4.69, 9.17) is 4.74 Å². The fraction of sp³-hybridized carbons (Fsp3) is 0.136. The monoisotopic (exact) mass is 346 g/mol. The Morgan fingerprint density at radius 3 is 2.31 bits per heavy atom. The third kappa shape index (κ3) is 4.86. The first-order valence-electron chi connectivity index (χ1n) is 8.52. The van der Waals surface area contributed by atoms with Gasteiger partial charge in [-0.15, -0.1) is 0 Å². The fourth-order valence-corrected chi connectivity index (χ4v) is 2.76. The number of carbonyl (C=O) groups is 1. The van der Waals surface area contributed by atoms with E-state index >= 15 is 0 Å². The molecular formula is C22H22N2O2. The van der Waals surface area contributed by atoms with Crippen molar-refractivity contribution in [1.82, 2.24) is 0 Å². The first-order valence-corrected chi connectivity index (χ1v) is 8.52. The molecule has 26 heavy (non-hydrogen) atoms. The van der Waals surface area contributed by atoms with Crippen LogP contribution in [0.5, 0.6) is 5.75 Å². The van der Waals surface area contributed by atoms with Crippen molar-refractivity contribution in [3.63, 3.8) is 0 Å². The molecule has 4 heteroatoms. The summed E-state index contributed by atoms with van der Waals surface area (Å²) >= 11 is 0. The number of hydrogen-bond acceptors (Lipinski definition) is 3. The maximum Gasteiger partial charge on any atom is 0.243 e. The average Bonchev–Trinajstić information content (AvgIpc) is 2.69. The maximum atomic E-state index is 12.6. The van der Waals surface area contributed by atoms with Gasteiger partial charge in [0.05, 0.1) is 13.7 Å². The number of carbonyl (C=O) groups excluding carboxylic acids is 1. The summed E-state index contributed by atoms with van der Waals surface area (Å²) in [6.07, 6.45) is 0. The molecule has 0 radical (unpaired) electrons. The minimum absolute atomic E-state index is 0.0713.